The summed E-state index contributed by atoms with van der Waals surface area (Å²) in [6.07, 6.45) is 6.86. The summed E-state index contributed by atoms with van der Waals surface area (Å²) in [6.45, 7) is 0. The Morgan fingerprint density at radius 2 is 1.87 bits per heavy atom. The maximum atomic E-state index is 5.87. The molecule has 1 aromatic rings. The van der Waals surface area contributed by atoms with Crippen LogP contribution in [-0.2, 0) is 0 Å². The fourth-order valence-corrected chi connectivity index (χ4v) is 2.97. The summed E-state index contributed by atoms with van der Waals surface area (Å²) in [7, 11) is 0. The minimum absolute atomic E-state index is 0.547. The second-order valence-corrected chi connectivity index (χ2v) is 4.84. The molecule has 0 atom stereocenters. The molecule has 0 saturated carbocycles. The van der Waals surface area contributed by atoms with Crippen molar-refractivity contribution >= 4 is 23.1 Å². The predicted octanol–water partition coefficient (Wildman–Crippen LogP) is 2.45. The van der Waals surface area contributed by atoms with Crippen LogP contribution in [0.3, 0.4) is 0 Å². The third-order valence-electron chi connectivity index (χ3n) is 3.59. The molecule has 2 aliphatic rings. The number of fused-ring (bicyclic) bond motifs is 2. The van der Waals surface area contributed by atoms with E-state index < -0.39 is 0 Å². The number of hydrogen-bond acceptors (Lipinski definition) is 3. The first-order valence-corrected chi connectivity index (χ1v) is 5.83. The third-order valence-corrected chi connectivity index (χ3v) is 3.90. The normalized spacial score (nSPS) is 28.7. The number of aromatic nitrogens is 1. The highest BCUT2D eigenvalue weighted by Crippen LogP contribution is 2.40. The van der Waals surface area contributed by atoms with Crippen molar-refractivity contribution in [1.82, 2.24) is 4.98 Å². The van der Waals surface area contributed by atoms with Crippen LogP contribution in [0.1, 0.15) is 25.7 Å². The van der Waals surface area contributed by atoms with Crippen LogP contribution in [-0.4, -0.2) is 17.1 Å². The van der Waals surface area contributed by atoms with Crippen LogP contribution in [0.25, 0.3) is 0 Å². The quantitative estimate of drug-likeness (QED) is 0.795. The van der Waals surface area contributed by atoms with E-state index in [0.717, 1.165) is 5.82 Å². The zero-order valence-corrected chi connectivity index (χ0v) is 9.24. The molecule has 0 amide bonds. The average Bonchev–Trinajstić information content (AvgIpc) is 2.81. The van der Waals surface area contributed by atoms with Crippen molar-refractivity contribution in [2.75, 3.05) is 10.6 Å². The van der Waals surface area contributed by atoms with Crippen LogP contribution >= 0.6 is 11.6 Å². The van der Waals surface area contributed by atoms with Crippen LogP contribution in [0.4, 0.5) is 11.5 Å². The van der Waals surface area contributed by atoms with Crippen molar-refractivity contribution in [2.24, 2.45) is 0 Å². The lowest BCUT2D eigenvalue weighted by Crippen LogP contribution is -2.28. The topological polar surface area (TPSA) is 42.1 Å². The summed E-state index contributed by atoms with van der Waals surface area (Å²) in [5, 5.41) is 0.547. The summed E-state index contributed by atoms with van der Waals surface area (Å²) in [6, 6.07) is 3.27. The van der Waals surface area contributed by atoms with Crippen LogP contribution in [0.5, 0.6) is 0 Å². The van der Waals surface area contributed by atoms with Gasteiger partial charge in [0.15, 0.2) is 0 Å². The number of nitrogens with two attached hydrogens (primary N) is 1. The van der Waals surface area contributed by atoms with Crippen molar-refractivity contribution < 1.29 is 0 Å². The van der Waals surface area contributed by atoms with E-state index in [-0.39, 0.29) is 0 Å². The van der Waals surface area contributed by atoms with E-state index in [1.807, 2.05) is 6.07 Å². The van der Waals surface area contributed by atoms with E-state index in [2.05, 4.69) is 9.88 Å². The Morgan fingerprint density at radius 1 is 1.27 bits per heavy atom. The van der Waals surface area contributed by atoms with E-state index in [9.17, 15) is 0 Å². The SMILES string of the molecule is Nc1cc(N2C3CCC2CC3)ncc1Cl. The summed E-state index contributed by atoms with van der Waals surface area (Å²) in [5.41, 5.74) is 6.43. The Kier molecular flexibility index (Phi) is 2.02. The molecule has 4 heteroatoms. The van der Waals surface area contributed by atoms with Gasteiger partial charge in [0.2, 0.25) is 0 Å². The fraction of sp³-hybridized carbons (Fsp3) is 0.545. The van der Waals surface area contributed by atoms with Gasteiger partial charge in [-0.1, -0.05) is 11.6 Å². The molecule has 0 aromatic carbocycles. The van der Waals surface area contributed by atoms with Crippen LogP contribution in [0.2, 0.25) is 5.02 Å². The van der Waals surface area contributed by atoms with Gasteiger partial charge in [0, 0.05) is 24.3 Å². The fourth-order valence-electron chi connectivity index (χ4n) is 2.87. The molecule has 2 fully saturated rings. The highest BCUT2D eigenvalue weighted by Gasteiger charge is 2.39. The summed E-state index contributed by atoms with van der Waals surface area (Å²) in [5.74, 6) is 1.00. The van der Waals surface area contributed by atoms with Crippen molar-refractivity contribution in [3.63, 3.8) is 0 Å². The van der Waals surface area contributed by atoms with Gasteiger partial charge in [-0.25, -0.2) is 4.98 Å². The number of rotatable bonds is 1. The highest BCUT2D eigenvalue weighted by atomic mass is 35.5. The molecule has 0 spiro atoms. The highest BCUT2D eigenvalue weighted by molar-refractivity contribution is 6.32. The molecule has 80 valence electrons. The Bertz CT molecular complexity index is 373. The summed E-state index contributed by atoms with van der Waals surface area (Å²) < 4.78 is 0. The molecule has 3 rings (SSSR count). The monoisotopic (exact) mass is 223 g/mol. The molecule has 0 unspecified atom stereocenters. The molecule has 2 aliphatic heterocycles. The Labute approximate surface area is 94.2 Å². The van der Waals surface area contributed by atoms with Crippen molar-refractivity contribution in [3.05, 3.63) is 17.3 Å². The molecule has 2 N–H and O–H groups in total. The third kappa shape index (κ3) is 1.37. The van der Waals surface area contributed by atoms with E-state index in [4.69, 9.17) is 17.3 Å². The summed E-state index contributed by atoms with van der Waals surface area (Å²) >= 11 is 5.87. The molecule has 2 saturated heterocycles. The first kappa shape index (κ1) is 9.28. The zero-order chi connectivity index (χ0) is 10.4. The zero-order valence-electron chi connectivity index (χ0n) is 8.49. The number of nitrogens with zero attached hydrogens (tertiary/aromatic N) is 2. The van der Waals surface area contributed by atoms with Crippen molar-refractivity contribution in [2.45, 2.75) is 37.8 Å². The van der Waals surface area contributed by atoms with Crippen LogP contribution in [0.15, 0.2) is 12.3 Å². The molecular weight excluding hydrogens is 210 g/mol. The van der Waals surface area contributed by atoms with Gasteiger partial charge in [-0.05, 0) is 25.7 Å². The molecular formula is C11H14ClN3. The molecule has 3 heterocycles. The second-order valence-electron chi connectivity index (χ2n) is 4.43. The van der Waals surface area contributed by atoms with Gasteiger partial charge in [0.05, 0.1) is 10.7 Å². The second kappa shape index (κ2) is 3.27. The number of hydrogen-bond donors (Lipinski definition) is 1. The van der Waals surface area contributed by atoms with E-state index in [1.165, 1.54) is 25.7 Å². The number of pyridine rings is 1. The van der Waals surface area contributed by atoms with E-state index in [0.29, 0.717) is 22.8 Å². The van der Waals surface area contributed by atoms with Crippen molar-refractivity contribution in [3.8, 4) is 0 Å². The lowest BCUT2D eigenvalue weighted by atomic mass is 10.0. The van der Waals surface area contributed by atoms with Gasteiger partial charge in [-0.3, -0.25) is 0 Å². The molecule has 2 bridgehead atoms. The maximum absolute atomic E-state index is 5.87. The predicted molar refractivity (Wildman–Crippen MR) is 62.2 cm³/mol. The minimum Gasteiger partial charge on any atom is -0.397 e. The smallest absolute Gasteiger partial charge is 0.131 e. The van der Waals surface area contributed by atoms with Gasteiger partial charge in [0.25, 0.3) is 0 Å². The number of halogens is 1. The average molecular weight is 224 g/mol. The van der Waals surface area contributed by atoms with Crippen LogP contribution < -0.4 is 10.6 Å². The van der Waals surface area contributed by atoms with Gasteiger partial charge < -0.3 is 10.6 Å². The standard InChI is InChI=1S/C11H14ClN3/c12-9-6-14-11(5-10(9)13)15-7-1-2-8(15)4-3-7/h5-8H,1-4H2,(H2,13,14). The lowest BCUT2D eigenvalue weighted by molar-refractivity contribution is 0.576. The number of anilines is 2. The maximum Gasteiger partial charge on any atom is 0.131 e. The van der Waals surface area contributed by atoms with Crippen molar-refractivity contribution in [1.29, 1.82) is 0 Å². The van der Waals surface area contributed by atoms with Gasteiger partial charge in [-0.2, -0.15) is 0 Å². The minimum atomic E-state index is 0.547. The molecule has 0 aliphatic carbocycles. The first-order valence-electron chi connectivity index (χ1n) is 5.45. The first-order chi connectivity index (χ1) is 7.25. The van der Waals surface area contributed by atoms with Crippen LogP contribution in [0, 0.1) is 0 Å². The van der Waals surface area contributed by atoms with Gasteiger partial charge in [-0.15, -0.1) is 0 Å². The molecule has 3 nitrogen and oxygen atoms in total. The Hall–Kier alpha value is -0.960. The Morgan fingerprint density at radius 3 is 2.40 bits per heavy atom. The molecule has 1 aromatic heterocycles. The number of nitrogen functional groups attached to an aromatic ring is 1. The molecule has 15 heavy (non-hydrogen) atoms. The van der Waals surface area contributed by atoms with Gasteiger partial charge in [0.1, 0.15) is 5.82 Å². The van der Waals surface area contributed by atoms with E-state index >= 15 is 0 Å². The largest absolute Gasteiger partial charge is 0.397 e. The molecule has 0 radical (unpaired) electrons. The van der Waals surface area contributed by atoms with Gasteiger partial charge >= 0.3 is 0 Å². The lowest BCUT2D eigenvalue weighted by Gasteiger charge is -2.23. The summed E-state index contributed by atoms with van der Waals surface area (Å²) in [4.78, 5) is 6.80. The van der Waals surface area contributed by atoms with E-state index in [1.54, 1.807) is 6.20 Å². The Balaban J connectivity index is 1.96.